The van der Waals surface area contributed by atoms with Crippen LogP contribution in [0.3, 0.4) is 0 Å². The number of esters is 1. The predicted molar refractivity (Wildman–Crippen MR) is 136 cm³/mol. The van der Waals surface area contributed by atoms with Crippen LogP contribution in [0.5, 0.6) is 0 Å². The molecule has 1 aromatic carbocycles. The van der Waals surface area contributed by atoms with Crippen LogP contribution < -0.4 is 27.0 Å². The molecule has 6 N–H and O–H groups in total. The lowest BCUT2D eigenvalue weighted by Gasteiger charge is -2.25. The van der Waals surface area contributed by atoms with Gasteiger partial charge in [0, 0.05) is 18.7 Å². The van der Waals surface area contributed by atoms with Gasteiger partial charge in [0.2, 0.25) is 17.7 Å². The SMILES string of the molecule is CCC(=O)NC(C(=O)N[C@@H](CCCNC(N)=O)C(=O)Nc1ccc(COC(=O)C(C)C)cc1)C(C)C. The molecule has 0 aromatic heterocycles. The van der Waals surface area contributed by atoms with Gasteiger partial charge in [-0.3, -0.25) is 19.2 Å². The average Bonchev–Trinajstić information content (AvgIpc) is 2.82. The Morgan fingerprint density at radius 3 is 2.11 bits per heavy atom. The van der Waals surface area contributed by atoms with Gasteiger partial charge in [0.15, 0.2) is 0 Å². The van der Waals surface area contributed by atoms with Crippen molar-refractivity contribution in [2.24, 2.45) is 17.6 Å². The molecule has 200 valence electrons. The third-order valence-corrected chi connectivity index (χ3v) is 5.26. The number of anilines is 1. The molecule has 1 unspecified atom stereocenters. The Labute approximate surface area is 212 Å². The highest BCUT2D eigenvalue weighted by atomic mass is 16.5. The normalized spacial score (nSPS) is 12.4. The zero-order valence-electron chi connectivity index (χ0n) is 21.7. The Balaban J connectivity index is 2.88. The van der Waals surface area contributed by atoms with Crippen LogP contribution in [-0.2, 0) is 30.5 Å². The summed E-state index contributed by atoms with van der Waals surface area (Å²) in [6, 6.07) is 4.39. The standard InChI is InChI=1S/C25H39N5O6/c1-6-20(31)30-21(15(2)3)23(33)29-19(8-7-13-27-25(26)35)22(32)28-18-11-9-17(10-12-18)14-36-24(34)16(4)5/h9-12,15-16,19,21H,6-8,13-14H2,1-5H3,(H,28,32)(H,29,33)(H,30,31)(H3,26,27,35)/t19-,21?/m0/s1. The van der Waals surface area contributed by atoms with E-state index in [1.54, 1.807) is 58.9 Å². The van der Waals surface area contributed by atoms with Crippen molar-refractivity contribution in [2.45, 2.75) is 72.6 Å². The number of rotatable bonds is 14. The third kappa shape index (κ3) is 11.2. The molecule has 0 radical (unpaired) electrons. The number of carbonyl (C=O) groups excluding carboxylic acids is 5. The van der Waals surface area contributed by atoms with Crippen molar-refractivity contribution in [3.8, 4) is 0 Å². The highest BCUT2D eigenvalue weighted by Gasteiger charge is 2.28. The average molecular weight is 506 g/mol. The minimum atomic E-state index is -0.918. The highest BCUT2D eigenvalue weighted by Crippen LogP contribution is 2.13. The van der Waals surface area contributed by atoms with Crippen molar-refractivity contribution in [3.05, 3.63) is 29.8 Å². The lowest BCUT2D eigenvalue weighted by atomic mass is 10.0. The van der Waals surface area contributed by atoms with Gasteiger partial charge in [-0.05, 0) is 36.5 Å². The summed E-state index contributed by atoms with van der Waals surface area (Å²) < 4.78 is 5.20. The second kappa shape index (κ2) is 15.4. The van der Waals surface area contributed by atoms with Gasteiger partial charge >= 0.3 is 12.0 Å². The summed E-state index contributed by atoms with van der Waals surface area (Å²) in [7, 11) is 0. The molecule has 0 aliphatic rings. The molecule has 0 fully saturated rings. The van der Waals surface area contributed by atoms with Crippen molar-refractivity contribution in [1.82, 2.24) is 16.0 Å². The van der Waals surface area contributed by atoms with Crippen LogP contribution in [-0.4, -0.2) is 48.4 Å². The van der Waals surface area contributed by atoms with Crippen LogP contribution in [0.15, 0.2) is 24.3 Å². The van der Waals surface area contributed by atoms with Gasteiger partial charge in [-0.25, -0.2) is 4.79 Å². The van der Waals surface area contributed by atoms with Crippen LogP contribution in [0.25, 0.3) is 0 Å². The smallest absolute Gasteiger partial charge is 0.312 e. The van der Waals surface area contributed by atoms with Gasteiger partial charge < -0.3 is 31.7 Å². The highest BCUT2D eigenvalue weighted by molar-refractivity contribution is 5.98. The second-order valence-electron chi connectivity index (χ2n) is 9.09. The van der Waals surface area contributed by atoms with Crippen molar-refractivity contribution in [1.29, 1.82) is 0 Å². The Morgan fingerprint density at radius 2 is 1.58 bits per heavy atom. The molecule has 11 heteroatoms. The number of urea groups is 1. The largest absolute Gasteiger partial charge is 0.461 e. The fourth-order valence-electron chi connectivity index (χ4n) is 3.09. The minimum absolute atomic E-state index is 0.122. The molecule has 0 heterocycles. The summed E-state index contributed by atoms with van der Waals surface area (Å²) in [5, 5.41) is 10.6. The van der Waals surface area contributed by atoms with E-state index in [0.717, 1.165) is 5.56 Å². The van der Waals surface area contributed by atoms with E-state index in [2.05, 4.69) is 21.3 Å². The molecular formula is C25H39N5O6. The van der Waals surface area contributed by atoms with E-state index in [1.165, 1.54) is 0 Å². The first-order valence-corrected chi connectivity index (χ1v) is 12.1. The van der Waals surface area contributed by atoms with Crippen molar-refractivity contribution in [2.75, 3.05) is 11.9 Å². The van der Waals surface area contributed by atoms with Gasteiger partial charge in [0.25, 0.3) is 0 Å². The van der Waals surface area contributed by atoms with Crippen molar-refractivity contribution in [3.63, 3.8) is 0 Å². The molecule has 5 amide bonds. The number of carbonyl (C=O) groups is 5. The maximum Gasteiger partial charge on any atom is 0.312 e. The third-order valence-electron chi connectivity index (χ3n) is 5.26. The molecule has 0 aliphatic carbocycles. The minimum Gasteiger partial charge on any atom is -0.461 e. The van der Waals surface area contributed by atoms with Crippen molar-refractivity contribution >= 4 is 35.4 Å². The molecule has 2 atom stereocenters. The predicted octanol–water partition coefficient (Wildman–Crippen LogP) is 1.81. The lowest BCUT2D eigenvalue weighted by molar-refractivity contribution is -0.148. The summed E-state index contributed by atoms with van der Waals surface area (Å²) in [5.74, 6) is -1.92. The first-order chi connectivity index (χ1) is 16.9. The number of hydrogen-bond acceptors (Lipinski definition) is 6. The van der Waals surface area contributed by atoms with Gasteiger partial charge in [-0.2, -0.15) is 0 Å². The molecular weight excluding hydrogens is 466 g/mol. The number of nitrogens with one attached hydrogen (secondary N) is 4. The van der Waals surface area contributed by atoms with Gasteiger partial charge in [0.1, 0.15) is 18.7 Å². The topological polar surface area (TPSA) is 169 Å². The number of ether oxygens (including phenoxy) is 1. The van der Waals surface area contributed by atoms with E-state index in [0.29, 0.717) is 12.1 Å². The number of amides is 5. The summed E-state index contributed by atoms with van der Waals surface area (Å²) in [4.78, 5) is 60.4. The van der Waals surface area contributed by atoms with Crippen LogP contribution >= 0.6 is 0 Å². The van der Waals surface area contributed by atoms with E-state index in [4.69, 9.17) is 10.5 Å². The molecule has 1 aromatic rings. The molecule has 0 saturated carbocycles. The zero-order chi connectivity index (χ0) is 27.3. The Morgan fingerprint density at radius 1 is 0.944 bits per heavy atom. The number of primary amides is 1. The Kier molecular flexibility index (Phi) is 13.0. The van der Waals surface area contributed by atoms with Crippen LogP contribution in [0.1, 0.15) is 59.4 Å². The summed E-state index contributed by atoms with van der Waals surface area (Å²) in [5.41, 5.74) is 6.34. The Bertz CT molecular complexity index is 901. The van der Waals surface area contributed by atoms with E-state index in [9.17, 15) is 24.0 Å². The van der Waals surface area contributed by atoms with Gasteiger partial charge in [0.05, 0.1) is 5.92 Å². The van der Waals surface area contributed by atoms with Gasteiger partial charge in [-0.1, -0.05) is 46.8 Å². The molecule has 0 spiro atoms. The zero-order valence-corrected chi connectivity index (χ0v) is 21.7. The Hall–Kier alpha value is -3.63. The van der Waals surface area contributed by atoms with Gasteiger partial charge in [-0.15, -0.1) is 0 Å². The monoisotopic (exact) mass is 505 g/mol. The summed E-state index contributed by atoms with van der Waals surface area (Å²) >= 11 is 0. The molecule has 11 nitrogen and oxygen atoms in total. The van der Waals surface area contributed by atoms with Crippen LogP contribution in [0.4, 0.5) is 10.5 Å². The quantitative estimate of drug-likeness (QED) is 0.191. The summed E-state index contributed by atoms with van der Waals surface area (Å²) in [6.07, 6.45) is 0.842. The fourth-order valence-corrected chi connectivity index (χ4v) is 3.09. The molecule has 0 bridgehead atoms. The fraction of sp³-hybridized carbons (Fsp3) is 0.560. The van der Waals surface area contributed by atoms with Crippen LogP contribution in [0.2, 0.25) is 0 Å². The maximum atomic E-state index is 13.0. The number of benzene rings is 1. The first-order valence-electron chi connectivity index (χ1n) is 12.1. The molecule has 36 heavy (non-hydrogen) atoms. The van der Waals surface area contributed by atoms with E-state index < -0.39 is 29.9 Å². The molecule has 0 aliphatic heterocycles. The lowest BCUT2D eigenvalue weighted by Crippen LogP contribution is -2.54. The number of hydrogen-bond donors (Lipinski definition) is 5. The van der Waals surface area contributed by atoms with E-state index in [-0.39, 0.29) is 49.7 Å². The molecule has 0 saturated heterocycles. The van der Waals surface area contributed by atoms with Crippen molar-refractivity contribution < 1.29 is 28.7 Å². The molecule has 1 rings (SSSR count). The summed E-state index contributed by atoms with van der Waals surface area (Å²) in [6.45, 7) is 9.14. The van der Waals surface area contributed by atoms with E-state index in [1.807, 2.05) is 0 Å². The van der Waals surface area contributed by atoms with Crippen LogP contribution in [0, 0.1) is 11.8 Å². The second-order valence-corrected chi connectivity index (χ2v) is 9.09. The first kappa shape index (κ1) is 30.4. The van der Waals surface area contributed by atoms with E-state index >= 15 is 0 Å². The maximum absolute atomic E-state index is 13.0. The number of nitrogens with two attached hydrogens (primary N) is 1.